The number of hydrogen-bond donors (Lipinski definition) is 2. The second kappa shape index (κ2) is 10.5. The van der Waals surface area contributed by atoms with E-state index in [-0.39, 0.29) is 37.2 Å². The lowest BCUT2D eigenvalue weighted by molar-refractivity contribution is -0.134. The number of amides is 3. The van der Waals surface area contributed by atoms with Crippen molar-refractivity contribution in [2.24, 2.45) is 0 Å². The van der Waals surface area contributed by atoms with Crippen LogP contribution in [0.2, 0.25) is 0 Å². The van der Waals surface area contributed by atoms with Gasteiger partial charge in [-0.1, -0.05) is 25.1 Å². The van der Waals surface area contributed by atoms with Crippen LogP contribution in [0.1, 0.15) is 35.7 Å². The third-order valence-corrected chi connectivity index (χ3v) is 4.69. The molecule has 0 fully saturated rings. The lowest BCUT2D eigenvalue weighted by Gasteiger charge is -2.22. The van der Waals surface area contributed by atoms with Crippen LogP contribution in [0.25, 0.3) is 0 Å². The number of benzene rings is 1. The van der Waals surface area contributed by atoms with Crippen LogP contribution in [0.4, 0.5) is 5.69 Å². The van der Waals surface area contributed by atoms with E-state index in [1.807, 2.05) is 43.5 Å². The highest BCUT2D eigenvalue weighted by Crippen LogP contribution is 2.13. The molecule has 0 aliphatic carbocycles. The van der Waals surface area contributed by atoms with E-state index in [4.69, 9.17) is 0 Å². The van der Waals surface area contributed by atoms with Crippen LogP contribution in [-0.4, -0.2) is 42.3 Å². The molecule has 0 atom stereocenters. The number of carbonyl (C=O) groups excluding carboxylic acids is 3. The average Bonchev–Trinajstić information content (AvgIpc) is 3.18. The molecule has 6 nitrogen and oxygen atoms in total. The molecule has 0 unspecified atom stereocenters. The number of nitrogens with zero attached hydrogens (tertiary/aromatic N) is 1. The zero-order valence-electron chi connectivity index (χ0n) is 15.7. The molecule has 2 rings (SSSR count). The van der Waals surface area contributed by atoms with Gasteiger partial charge in [0, 0.05) is 36.1 Å². The van der Waals surface area contributed by atoms with Crippen molar-refractivity contribution in [3.8, 4) is 0 Å². The summed E-state index contributed by atoms with van der Waals surface area (Å²) < 4.78 is 0. The first kappa shape index (κ1) is 20.6. The fourth-order valence-electron chi connectivity index (χ4n) is 2.57. The van der Waals surface area contributed by atoms with Crippen molar-refractivity contribution in [2.45, 2.75) is 26.7 Å². The molecular weight excluding hydrogens is 362 g/mol. The van der Waals surface area contributed by atoms with Crippen molar-refractivity contribution >= 4 is 34.7 Å². The van der Waals surface area contributed by atoms with Crippen LogP contribution in [0, 0.1) is 6.92 Å². The van der Waals surface area contributed by atoms with Gasteiger partial charge >= 0.3 is 0 Å². The summed E-state index contributed by atoms with van der Waals surface area (Å²) in [6.07, 6.45) is 0.915. The Morgan fingerprint density at radius 2 is 1.93 bits per heavy atom. The van der Waals surface area contributed by atoms with Crippen LogP contribution in [0.5, 0.6) is 0 Å². The van der Waals surface area contributed by atoms with E-state index in [0.717, 1.165) is 17.7 Å². The van der Waals surface area contributed by atoms with Crippen molar-refractivity contribution in [3.63, 3.8) is 0 Å². The van der Waals surface area contributed by atoms with Gasteiger partial charge in [0.1, 0.15) is 0 Å². The third-order valence-electron chi connectivity index (χ3n) is 4.01. The maximum Gasteiger partial charge on any atom is 0.252 e. The first-order valence-corrected chi connectivity index (χ1v) is 9.89. The van der Waals surface area contributed by atoms with Gasteiger partial charge in [0.2, 0.25) is 11.8 Å². The summed E-state index contributed by atoms with van der Waals surface area (Å²) in [6, 6.07) is 9.25. The Kier molecular flexibility index (Phi) is 8.00. The number of rotatable bonds is 9. The van der Waals surface area contributed by atoms with Gasteiger partial charge < -0.3 is 15.5 Å². The first-order valence-electron chi connectivity index (χ1n) is 8.95. The highest BCUT2D eigenvalue weighted by molar-refractivity contribution is 7.08. The predicted octanol–water partition coefficient (Wildman–Crippen LogP) is 3.05. The van der Waals surface area contributed by atoms with Crippen molar-refractivity contribution in [2.75, 3.05) is 25.0 Å². The van der Waals surface area contributed by atoms with Gasteiger partial charge in [0.25, 0.3) is 5.91 Å². The molecule has 0 saturated heterocycles. The van der Waals surface area contributed by atoms with E-state index < -0.39 is 0 Å². The SMILES string of the molecule is CCCN(CC(=O)Nc1ccccc1C)C(=O)CCNC(=O)c1ccsc1. The molecule has 1 aromatic heterocycles. The molecule has 0 aliphatic rings. The molecule has 144 valence electrons. The van der Waals surface area contributed by atoms with E-state index in [2.05, 4.69) is 10.6 Å². The molecule has 3 amide bonds. The van der Waals surface area contributed by atoms with E-state index in [9.17, 15) is 14.4 Å². The maximum atomic E-state index is 12.5. The highest BCUT2D eigenvalue weighted by Gasteiger charge is 2.17. The van der Waals surface area contributed by atoms with Gasteiger partial charge in [-0.25, -0.2) is 0 Å². The Labute approximate surface area is 163 Å². The lowest BCUT2D eigenvalue weighted by Crippen LogP contribution is -2.40. The normalized spacial score (nSPS) is 10.3. The molecule has 1 aromatic carbocycles. The zero-order valence-corrected chi connectivity index (χ0v) is 16.5. The number of thiophene rings is 1. The second-order valence-electron chi connectivity index (χ2n) is 6.20. The van der Waals surface area contributed by atoms with Gasteiger partial charge in [-0.15, -0.1) is 0 Å². The Hall–Kier alpha value is -2.67. The molecule has 27 heavy (non-hydrogen) atoms. The molecular formula is C20H25N3O3S. The van der Waals surface area contributed by atoms with Crippen LogP contribution < -0.4 is 10.6 Å². The van der Waals surface area contributed by atoms with Crippen LogP contribution >= 0.6 is 11.3 Å². The Balaban J connectivity index is 1.83. The van der Waals surface area contributed by atoms with E-state index in [1.54, 1.807) is 11.4 Å². The van der Waals surface area contributed by atoms with Crippen LogP contribution in [0.15, 0.2) is 41.1 Å². The zero-order chi connectivity index (χ0) is 19.6. The Bertz CT molecular complexity index is 775. The number of aryl methyl sites for hydroxylation is 1. The van der Waals surface area contributed by atoms with Gasteiger partial charge in [0.05, 0.1) is 6.54 Å². The summed E-state index contributed by atoms with van der Waals surface area (Å²) in [6.45, 7) is 4.61. The fourth-order valence-corrected chi connectivity index (χ4v) is 3.21. The molecule has 2 aromatic rings. The summed E-state index contributed by atoms with van der Waals surface area (Å²) in [4.78, 5) is 38.2. The summed E-state index contributed by atoms with van der Waals surface area (Å²) in [5.74, 6) is -0.570. The quantitative estimate of drug-likeness (QED) is 0.694. The largest absolute Gasteiger partial charge is 0.351 e. The third kappa shape index (κ3) is 6.53. The molecule has 0 radical (unpaired) electrons. The lowest BCUT2D eigenvalue weighted by atomic mass is 10.2. The van der Waals surface area contributed by atoms with Crippen molar-refractivity contribution in [1.29, 1.82) is 0 Å². The molecule has 7 heteroatoms. The highest BCUT2D eigenvalue weighted by atomic mass is 32.1. The standard InChI is InChI=1S/C20H25N3O3S/c1-3-11-23(13-18(24)22-17-7-5-4-6-15(17)2)19(25)8-10-21-20(26)16-9-12-27-14-16/h4-7,9,12,14H,3,8,10-11,13H2,1-2H3,(H,21,26)(H,22,24). The van der Waals surface area contributed by atoms with Crippen LogP contribution in [-0.2, 0) is 9.59 Å². The summed E-state index contributed by atoms with van der Waals surface area (Å²) >= 11 is 1.45. The predicted molar refractivity (Wildman–Crippen MR) is 108 cm³/mol. The summed E-state index contributed by atoms with van der Waals surface area (Å²) in [5.41, 5.74) is 2.31. The summed E-state index contributed by atoms with van der Waals surface area (Å²) in [5, 5.41) is 9.17. The smallest absolute Gasteiger partial charge is 0.252 e. The number of hydrogen-bond acceptors (Lipinski definition) is 4. The average molecular weight is 388 g/mol. The number of anilines is 1. The van der Waals surface area contributed by atoms with Crippen molar-refractivity contribution < 1.29 is 14.4 Å². The number of para-hydroxylation sites is 1. The molecule has 0 spiro atoms. The topological polar surface area (TPSA) is 78.5 Å². The molecule has 2 N–H and O–H groups in total. The minimum atomic E-state index is -0.228. The van der Waals surface area contributed by atoms with Crippen molar-refractivity contribution in [3.05, 3.63) is 52.2 Å². The fraction of sp³-hybridized carbons (Fsp3) is 0.350. The van der Waals surface area contributed by atoms with Gasteiger partial charge in [-0.05, 0) is 36.4 Å². The van der Waals surface area contributed by atoms with Gasteiger partial charge in [0.15, 0.2) is 0 Å². The van der Waals surface area contributed by atoms with E-state index >= 15 is 0 Å². The Morgan fingerprint density at radius 1 is 1.15 bits per heavy atom. The monoisotopic (exact) mass is 387 g/mol. The molecule has 1 heterocycles. The van der Waals surface area contributed by atoms with E-state index in [0.29, 0.717) is 12.1 Å². The molecule has 0 bridgehead atoms. The second-order valence-corrected chi connectivity index (χ2v) is 6.98. The minimum absolute atomic E-state index is 0.000511. The van der Waals surface area contributed by atoms with Gasteiger partial charge in [-0.2, -0.15) is 11.3 Å². The van der Waals surface area contributed by atoms with E-state index in [1.165, 1.54) is 16.2 Å². The van der Waals surface area contributed by atoms with Gasteiger partial charge in [-0.3, -0.25) is 14.4 Å². The van der Waals surface area contributed by atoms with Crippen LogP contribution in [0.3, 0.4) is 0 Å². The maximum absolute atomic E-state index is 12.5. The first-order chi connectivity index (χ1) is 13.0. The van der Waals surface area contributed by atoms with Crippen molar-refractivity contribution in [1.82, 2.24) is 10.2 Å². The number of carbonyl (C=O) groups is 3. The number of nitrogens with one attached hydrogen (secondary N) is 2. The summed E-state index contributed by atoms with van der Waals surface area (Å²) in [7, 11) is 0. The molecule has 0 saturated carbocycles. The molecule has 0 aliphatic heterocycles. The Morgan fingerprint density at radius 3 is 2.59 bits per heavy atom. The minimum Gasteiger partial charge on any atom is -0.351 e.